The molecule has 0 aromatic heterocycles. The lowest BCUT2D eigenvalue weighted by Crippen LogP contribution is -2.20. The molecule has 2 aromatic rings. The number of anilines is 1. The number of nitrogens with one attached hydrogen (secondary N) is 2. The van der Waals surface area contributed by atoms with E-state index in [1.807, 2.05) is 49.4 Å². The minimum absolute atomic E-state index is 0. The van der Waals surface area contributed by atoms with Crippen molar-refractivity contribution in [1.29, 1.82) is 0 Å². The highest BCUT2D eigenvalue weighted by Gasteiger charge is 2.09. The highest BCUT2D eigenvalue weighted by Crippen LogP contribution is 2.28. The molecule has 0 saturated carbocycles. The van der Waals surface area contributed by atoms with Crippen LogP contribution in [0.25, 0.3) is 0 Å². The summed E-state index contributed by atoms with van der Waals surface area (Å²) in [7, 11) is 1.61. The molecule has 31 heavy (non-hydrogen) atoms. The molecule has 168 valence electrons. The van der Waals surface area contributed by atoms with Gasteiger partial charge in [-0.15, -0.1) is 12.4 Å². The number of amides is 1. The van der Waals surface area contributed by atoms with Crippen LogP contribution in [-0.4, -0.2) is 26.2 Å². The number of carbonyl (C=O) groups is 1. The lowest BCUT2D eigenvalue weighted by atomic mass is 9.97. The quantitative estimate of drug-likeness (QED) is 0.379. The summed E-state index contributed by atoms with van der Waals surface area (Å²) in [6.45, 7) is 3.69. The van der Waals surface area contributed by atoms with Gasteiger partial charge in [-0.25, -0.2) is 0 Å². The molecule has 0 atom stereocenters. The van der Waals surface area contributed by atoms with Crippen molar-refractivity contribution in [2.24, 2.45) is 0 Å². The molecule has 1 aliphatic carbocycles. The molecular weight excluding hydrogens is 412 g/mol. The van der Waals surface area contributed by atoms with Crippen LogP contribution in [0.15, 0.2) is 54.1 Å². The summed E-state index contributed by atoms with van der Waals surface area (Å²) in [5.74, 6) is 0.990. The number of halogens is 1. The molecule has 0 fully saturated rings. The Balaban J connectivity index is 0.00000341. The zero-order valence-corrected chi connectivity index (χ0v) is 19.2. The molecule has 1 amide bonds. The van der Waals surface area contributed by atoms with E-state index < -0.39 is 0 Å². The van der Waals surface area contributed by atoms with Crippen molar-refractivity contribution in [3.05, 3.63) is 65.2 Å². The average Bonchev–Trinajstić information content (AvgIpc) is 2.78. The first-order valence-electron chi connectivity index (χ1n) is 10.7. The third kappa shape index (κ3) is 8.27. The second kappa shape index (κ2) is 13.0. The number of hydrogen-bond donors (Lipinski definition) is 2. The predicted octanol–water partition coefficient (Wildman–Crippen LogP) is 5.42. The number of methoxy groups -OCH3 is 1. The van der Waals surface area contributed by atoms with Crippen LogP contribution in [-0.2, 0) is 11.3 Å². The third-order valence-electron chi connectivity index (χ3n) is 5.26. The molecule has 0 unspecified atom stereocenters. The fourth-order valence-corrected chi connectivity index (χ4v) is 3.53. The second-order valence-corrected chi connectivity index (χ2v) is 7.72. The molecular formula is C25H33ClN2O3. The maximum Gasteiger partial charge on any atom is 0.262 e. The van der Waals surface area contributed by atoms with Gasteiger partial charge in [0.05, 0.1) is 7.11 Å². The summed E-state index contributed by atoms with van der Waals surface area (Å²) < 4.78 is 11.1. The molecule has 2 N–H and O–H groups in total. The van der Waals surface area contributed by atoms with Crippen LogP contribution < -0.4 is 20.1 Å². The largest absolute Gasteiger partial charge is 0.493 e. The first kappa shape index (κ1) is 24.8. The SMILES string of the molecule is COc1cc(CNCCC2=CCCCC2)ccc1OCC(=O)Nc1ccc(C)cc1.Cl. The zero-order chi connectivity index (χ0) is 21.2. The van der Waals surface area contributed by atoms with Gasteiger partial charge in [0.1, 0.15) is 0 Å². The van der Waals surface area contributed by atoms with E-state index >= 15 is 0 Å². The molecule has 3 rings (SSSR count). The highest BCUT2D eigenvalue weighted by atomic mass is 35.5. The van der Waals surface area contributed by atoms with Gasteiger partial charge in [0, 0.05) is 12.2 Å². The van der Waals surface area contributed by atoms with Crippen LogP contribution in [0.4, 0.5) is 5.69 Å². The fraction of sp³-hybridized carbons (Fsp3) is 0.400. The second-order valence-electron chi connectivity index (χ2n) is 7.72. The van der Waals surface area contributed by atoms with Crippen molar-refractivity contribution in [3.63, 3.8) is 0 Å². The number of rotatable bonds is 10. The van der Waals surface area contributed by atoms with E-state index in [-0.39, 0.29) is 24.9 Å². The molecule has 0 spiro atoms. The molecule has 5 nitrogen and oxygen atoms in total. The summed E-state index contributed by atoms with van der Waals surface area (Å²) in [5.41, 5.74) is 4.61. The molecule has 2 aromatic carbocycles. The Morgan fingerprint density at radius 2 is 1.87 bits per heavy atom. The van der Waals surface area contributed by atoms with Gasteiger partial charge in [0.15, 0.2) is 18.1 Å². The maximum absolute atomic E-state index is 12.2. The molecule has 0 bridgehead atoms. The standard InChI is InChI=1S/C25H32N2O3.ClH/c1-19-8-11-22(12-9-19)27-25(28)18-30-23-13-10-21(16-24(23)29-2)17-26-15-14-20-6-4-3-5-7-20;/h6,8-13,16,26H,3-5,7,14-15,17-18H2,1-2H3,(H,27,28);1H. The van der Waals surface area contributed by atoms with Crippen molar-refractivity contribution in [2.75, 3.05) is 25.6 Å². The van der Waals surface area contributed by atoms with E-state index in [9.17, 15) is 4.79 Å². The van der Waals surface area contributed by atoms with Gasteiger partial charge in [-0.2, -0.15) is 0 Å². The van der Waals surface area contributed by atoms with E-state index in [2.05, 4.69) is 16.7 Å². The Kier molecular flexibility index (Phi) is 10.4. The molecule has 6 heteroatoms. The number of hydrogen-bond acceptors (Lipinski definition) is 4. The number of aryl methyl sites for hydroxylation is 1. The summed E-state index contributed by atoms with van der Waals surface area (Å²) in [5, 5.41) is 6.33. The Hall–Kier alpha value is -2.50. The van der Waals surface area contributed by atoms with Gasteiger partial charge in [-0.1, -0.05) is 35.4 Å². The van der Waals surface area contributed by atoms with E-state index in [1.165, 1.54) is 25.7 Å². The normalized spacial score (nSPS) is 13.0. The van der Waals surface area contributed by atoms with Gasteiger partial charge in [0.25, 0.3) is 5.91 Å². The minimum Gasteiger partial charge on any atom is -0.493 e. The van der Waals surface area contributed by atoms with E-state index in [4.69, 9.17) is 9.47 Å². The predicted molar refractivity (Wildman–Crippen MR) is 128 cm³/mol. The van der Waals surface area contributed by atoms with Gasteiger partial charge >= 0.3 is 0 Å². The lowest BCUT2D eigenvalue weighted by Gasteiger charge is -2.14. The fourth-order valence-electron chi connectivity index (χ4n) is 3.53. The van der Waals surface area contributed by atoms with Crippen LogP contribution in [0.2, 0.25) is 0 Å². The highest BCUT2D eigenvalue weighted by molar-refractivity contribution is 5.91. The van der Waals surface area contributed by atoms with Crippen molar-refractivity contribution < 1.29 is 14.3 Å². The Labute approximate surface area is 191 Å². The molecule has 0 radical (unpaired) electrons. The van der Waals surface area contributed by atoms with Gasteiger partial charge in [-0.05, 0) is 75.4 Å². The van der Waals surface area contributed by atoms with Crippen molar-refractivity contribution in [2.45, 2.75) is 45.6 Å². The van der Waals surface area contributed by atoms with Gasteiger partial charge < -0.3 is 20.1 Å². The van der Waals surface area contributed by atoms with Crippen LogP contribution in [0.1, 0.15) is 43.2 Å². The zero-order valence-electron chi connectivity index (χ0n) is 18.4. The van der Waals surface area contributed by atoms with Crippen LogP contribution in [0, 0.1) is 6.92 Å². The summed E-state index contributed by atoms with van der Waals surface area (Å²) in [6, 6.07) is 13.5. The summed E-state index contributed by atoms with van der Waals surface area (Å²) in [6.07, 6.45) is 8.66. The Morgan fingerprint density at radius 1 is 1.06 bits per heavy atom. The van der Waals surface area contributed by atoms with Crippen LogP contribution >= 0.6 is 12.4 Å². The number of ether oxygens (including phenoxy) is 2. The lowest BCUT2D eigenvalue weighted by molar-refractivity contribution is -0.118. The van der Waals surface area contributed by atoms with Gasteiger partial charge in [-0.3, -0.25) is 4.79 Å². The third-order valence-corrected chi connectivity index (χ3v) is 5.26. The first-order chi connectivity index (χ1) is 14.6. The van der Waals surface area contributed by atoms with Crippen LogP contribution in [0.3, 0.4) is 0 Å². The number of benzene rings is 2. The maximum atomic E-state index is 12.2. The van der Waals surface area contributed by atoms with Gasteiger partial charge in [0.2, 0.25) is 0 Å². The molecule has 0 heterocycles. The average molecular weight is 445 g/mol. The van der Waals surface area contributed by atoms with E-state index in [0.717, 1.165) is 36.3 Å². The van der Waals surface area contributed by atoms with Crippen molar-refractivity contribution in [1.82, 2.24) is 5.32 Å². The van der Waals surface area contributed by atoms with E-state index in [0.29, 0.717) is 11.5 Å². The van der Waals surface area contributed by atoms with Crippen molar-refractivity contribution >= 4 is 24.0 Å². The molecule has 0 aliphatic heterocycles. The molecule has 0 saturated heterocycles. The summed E-state index contributed by atoms with van der Waals surface area (Å²) >= 11 is 0. The molecule has 1 aliphatic rings. The number of allylic oxidation sites excluding steroid dienone is 1. The summed E-state index contributed by atoms with van der Waals surface area (Å²) in [4.78, 5) is 12.2. The Bertz CT molecular complexity index is 866. The Morgan fingerprint density at radius 3 is 2.58 bits per heavy atom. The first-order valence-corrected chi connectivity index (χ1v) is 10.7. The van der Waals surface area contributed by atoms with Crippen molar-refractivity contribution in [3.8, 4) is 11.5 Å². The minimum atomic E-state index is -0.205. The number of carbonyl (C=O) groups excluding carboxylic acids is 1. The topological polar surface area (TPSA) is 59.6 Å². The van der Waals surface area contributed by atoms with Crippen LogP contribution in [0.5, 0.6) is 11.5 Å². The monoisotopic (exact) mass is 444 g/mol. The van der Waals surface area contributed by atoms with E-state index in [1.54, 1.807) is 12.7 Å². The smallest absolute Gasteiger partial charge is 0.262 e.